The molecule has 0 spiro atoms. The van der Waals surface area contributed by atoms with Crippen LogP contribution < -0.4 is 9.64 Å². The largest absolute Gasteiger partial charge is 0.493 e. The Morgan fingerprint density at radius 1 is 1.20 bits per heavy atom. The number of pyridine rings is 1. The van der Waals surface area contributed by atoms with Gasteiger partial charge in [-0.2, -0.15) is 4.98 Å². The molecule has 2 aliphatic heterocycles. The molecule has 2 aromatic heterocycles. The molecule has 2 fully saturated rings. The summed E-state index contributed by atoms with van der Waals surface area (Å²) in [4.78, 5) is 25.7. The zero-order valence-corrected chi connectivity index (χ0v) is 23.4. The molecule has 0 N–H and O–H groups in total. The van der Waals surface area contributed by atoms with E-state index < -0.39 is 0 Å². The van der Waals surface area contributed by atoms with Crippen molar-refractivity contribution in [2.24, 2.45) is 17.8 Å². The average Bonchev–Trinajstić information content (AvgIpc) is 3.56. The van der Waals surface area contributed by atoms with Gasteiger partial charge in [0, 0.05) is 37.8 Å². The van der Waals surface area contributed by atoms with Crippen LogP contribution in [0.1, 0.15) is 68.1 Å². The number of hydrogen-bond donors (Lipinski definition) is 0. The first kappa shape index (κ1) is 26.7. The molecule has 6 rings (SSSR count). The molecular formula is C31H38FN5O3. The number of benzene rings is 1. The van der Waals surface area contributed by atoms with Crippen LogP contribution >= 0.6 is 0 Å². The lowest BCUT2D eigenvalue weighted by Crippen LogP contribution is -2.37. The Bertz CT molecular complexity index is 1340. The van der Waals surface area contributed by atoms with E-state index in [0.29, 0.717) is 42.9 Å². The first-order valence-corrected chi connectivity index (χ1v) is 14.6. The fourth-order valence-corrected chi connectivity index (χ4v) is 6.22. The summed E-state index contributed by atoms with van der Waals surface area (Å²) in [5.41, 5.74) is 2.51. The Morgan fingerprint density at radius 3 is 2.83 bits per heavy atom. The van der Waals surface area contributed by atoms with E-state index in [-0.39, 0.29) is 24.1 Å². The second kappa shape index (κ2) is 11.6. The smallest absolute Gasteiger partial charge is 0.324 e. The van der Waals surface area contributed by atoms with Gasteiger partial charge in [0.1, 0.15) is 11.6 Å². The second-order valence-corrected chi connectivity index (χ2v) is 11.8. The lowest BCUT2D eigenvalue weighted by Gasteiger charge is -2.30. The van der Waals surface area contributed by atoms with Crippen molar-refractivity contribution in [3.05, 3.63) is 65.0 Å². The van der Waals surface area contributed by atoms with Crippen LogP contribution in [0, 0.1) is 23.6 Å². The lowest BCUT2D eigenvalue weighted by molar-refractivity contribution is -0.131. The van der Waals surface area contributed by atoms with Crippen molar-refractivity contribution in [3.63, 3.8) is 0 Å². The third-order valence-corrected chi connectivity index (χ3v) is 8.79. The highest BCUT2D eigenvalue weighted by atomic mass is 19.1. The highest BCUT2D eigenvalue weighted by Gasteiger charge is 2.43. The van der Waals surface area contributed by atoms with Crippen LogP contribution in [0.15, 0.2) is 41.1 Å². The maximum atomic E-state index is 14.8. The van der Waals surface area contributed by atoms with E-state index in [1.165, 1.54) is 18.1 Å². The van der Waals surface area contributed by atoms with E-state index >= 15 is 0 Å². The molecule has 3 aromatic rings. The van der Waals surface area contributed by atoms with E-state index in [1.54, 1.807) is 23.2 Å². The van der Waals surface area contributed by atoms with Crippen LogP contribution in [0.5, 0.6) is 5.75 Å². The number of piperidine rings is 1. The quantitative estimate of drug-likeness (QED) is 0.365. The van der Waals surface area contributed by atoms with Crippen molar-refractivity contribution in [2.75, 3.05) is 31.1 Å². The molecular weight excluding hydrogens is 509 g/mol. The Balaban J connectivity index is 0.919. The summed E-state index contributed by atoms with van der Waals surface area (Å²) in [6.45, 7) is 7.76. The lowest BCUT2D eigenvalue weighted by atomic mass is 9.90. The molecule has 0 bridgehead atoms. The molecule has 9 heteroatoms. The van der Waals surface area contributed by atoms with E-state index in [0.717, 1.165) is 62.1 Å². The minimum atomic E-state index is -0.390. The fourth-order valence-electron chi connectivity index (χ4n) is 6.22. The SMILES string of the molecule is CC(C)c1noc(N2CCC([C@H]3C[C@H]3CCOc3ccc(CC(=O)N4CCc5cccnc5C4)c(F)c3)CC2)n1. The van der Waals surface area contributed by atoms with Gasteiger partial charge in [0.15, 0.2) is 5.82 Å². The summed E-state index contributed by atoms with van der Waals surface area (Å²) in [7, 11) is 0. The first-order chi connectivity index (χ1) is 19.4. The van der Waals surface area contributed by atoms with Gasteiger partial charge < -0.3 is 19.1 Å². The molecule has 2 atom stereocenters. The van der Waals surface area contributed by atoms with E-state index in [4.69, 9.17) is 9.26 Å². The third-order valence-electron chi connectivity index (χ3n) is 8.79. The number of ether oxygens (including phenoxy) is 1. The molecule has 1 aliphatic carbocycles. The van der Waals surface area contributed by atoms with Crippen LogP contribution in [0.2, 0.25) is 0 Å². The molecule has 0 unspecified atom stereocenters. The van der Waals surface area contributed by atoms with Crippen LogP contribution in [-0.4, -0.2) is 52.2 Å². The van der Waals surface area contributed by atoms with Crippen molar-refractivity contribution in [1.29, 1.82) is 0 Å². The number of fused-ring (bicyclic) bond motifs is 1. The zero-order chi connectivity index (χ0) is 27.6. The van der Waals surface area contributed by atoms with Gasteiger partial charge >= 0.3 is 6.01 Å². The van der Waals surface area contributed by atoms with Crippen LogP contribution in [0.4, 0.5) is 10.4 Å². The second-order valence-electron chi connectivity index (χ2n) is 11.8. The van der Waals surface area contributed by atoms with Crippen molar-refractivity contribution in [1.82, 2.24) is 20.0 Å². The number of amides is 1. The molecule has 1 saturated carbocycles. The highest BCUT2D eigenvalue weighted by Crippen LogP contribution is 2.50. The minimum absolute atomic E-state index is 0.0439. The third kappa shape index (κ3) is 5.98. The zero-order valence-electron chi connectivity index (χ0n) is 23.4. The number of carbonyl (C=O) groups is 1. The van der Waals surface area contributed by atoms with Crippen LogP contribution in [-0.2, 0) is 24.2 Å². The monoisotopic (exact) mass is 547 g/mol. The maximum absolute atomic E-state index is 14.8. The fraction of sp³-hybridized carbons (Fsp3) is 0.548. The van der Waals surface area contributed by atoms with Crippen molar-refractivity contribution >= 4 is 11.9 Å². The predicted octanol–water partition coefficient (Wildman–Crippen LogP) is 5.18. The molecule has 8 nitrogen and oxygen atoms in total. The number of carbonyl (C=O) groups excluding carboxylic acids is 1. The number of halogens is 1. The molecule has 1 aromatic carbocycles. The van der Waals surface area contributed by atoms with E-state index in [9.17, 15) is 9.18 Å². The van der Waals surface area contributed by atoms with Gasteiger partial charge in [0.05, 0.1) is 25.3 Å². The molecule has 40 heavy (non-hydrogen) atoms. The summed E-state index contributed by atoms with van der Waals surface area (Å²) in [6, 6.07) is 9.50. The Hall–Kier alpha value is -3.49. The molecule has 0 radical (unpaired) electrons. The van der Waals surface area contributed by atoms with Crippen molar-refractivity contribution < 1.29 is 18.4 Å². The highest BCUT2D eigenvalue weighted by molar-refractivity contribution is 5.79. The molecule has 1 saturated heterocycles. The maximum Gasteiger partial charge on any atom is 0.324 e. The molecule has 212 valence electrons. The van der Waals surface area contributed by atoms with Gasteiger partial charge in [-0.3, -0.25) is 9.78 Å². The van der Waals surface area contributed by atoms with E-state index in [1.807, 2.05) is 6.07 Å². The number of nitrogens with zero attached hydrogens (tertiary/aromatic N) is 5. The Labute approximate surface area is 234 Å². The number of hydrogen-bond acceptors (Lipinski definition) is 7. The first-order valence-electron chi connectivity index (χ1n) is 14.6. The van der Waals surface area contributed by atoms with Gasteiger partial charge in [0.25, 0.3) is 0 Å². The summed E-state index contributed by atoms with van der Waals surface area (Å²) in [5, 5.41) is 4.09. The number of rotatable bonds is 9. The summed E-state index contributed by atoms with van der Waals surface area (Å²) >= 11 is 0. The van der Waals surface area contributed by atoms with Crippen LogP contribution in [0.25, 0.3) is 0 Å². The molecule has 4 heterocycles. The topological polar surface area (TPSA) is 84.6 Å². The molecule has 3 aliphatic rings. The van der Waals surface area contributed by atoms with Gasteiger partial charge in [-0.15, -0.1) is 0 Å². The Morgan fingerprint density at radius 2 is 2.05 bits per heavy atom. The van der Waals surface area contributed by atoms with Crippen molar-refractivity contribution in [3.8, 4) is 5.75 Å². The van der Waals surface area contributed by atoms with Gasteiger partial charge in [-0.25, -0.2) is 4.39 Å². The van der Waals surface area contributed by atoms with Crippen LogP contribution in [0.3, 0.4) is 0 Å². The summed E-state index contributed by atoms with van der Waals surface area (Å²) < 4.78 is 26.2. The summed E-state index contributed by atoms with van der Waals surface area (Å²) in [6.07, 6.45) is 7.10. The van der Waals surface area contributed by atoms with Gasteiger partial charge in [0.2, 0.25) is 5.91 Å². The number of aromatic nitrogens is 3. The van der Waals surface area contributed by atoms with Gasteiger partial charge in [-0.05, 0) is 73.1 Å². The average molecular weight is 548 g/mol. The van der Waals surface area contributed by atoms with Crippen molar-refractivity contribution in [2.45, 2.75) is 64.8 Å². The Kier molecular flexibility index (Phi) is 7.71. The normalized spacial score (nSPS) is 21.0. The summed E-state index contributed by atoms with van der Waals surface area (Å²) in [5.74, 6) is 3.25. The minimum Gasteiger partial charge on any atom is -0.493 e. The predicted molar refractivity (Wildman–Crippen MR) is 148 cm³/mol. The van der Waals surface area contributed by atoms with E-state index in [2.05, 4.69) is 39.9 Å². The molecule has 1 amide bonds. The van der Waals surface area contributed by atoms with Gasteiger partial charge in [-0.1, -0.05) is 31.1 Å². The number of anilines is 1. The standard InChI is InChI=1S/C31H38FN5O3/c1-20(2)30-34-31(40-35-30)36-12-7-21(8-13-36)26-16-23(26)10-15-39-25-6-5-24(27(32)18-25)17-29(38)37-14-9-22-4-3-11-33-28(22)19-37/h3-6,11,18,20-21,23,26H,7-10,12-17,19H2,1-2H3/t23-,26-/m1/s1.